The SMILES string of the molecule is COC(=O)C1CCN(C(=O)CSc2n[nH]c(COc3ccc(Br)cc3)n2)CC1. The number of halogens is 1. The normalized spacial score (nSPS) is 14.7. The van der Waals surface area contributed by atoms with Gasteiger partial charge in [0.1, 0.15) is 12.4 Å². The quantitative estimate of drug-likeness (QED) is 0.492. The Kier molecular flexibility index (Phi) is 7.32. The van der Waals surface area contributed by atoms with E-state index in [0.717, 1.165) is 10.2 Å². The van der Waals surface area contributed by atoms with E-state index in [1.54, 1.807) is 4.90 Å². The molecule has 1 aliphatic rings. The van der Waals surface area contributed by atoms with E-state index in [1.165, 1.54) is 18.9 Å². The Bertz CT molecular complexity index is 806. The maximum atomic E-state index is 12.4. The molecule has 0 bridgehead atoms. The second-order valence-electron chi connectivity index (χ2n) is 6.27. The van der Waals surface area contributed by atoms with Gasteiger partial charge in [-0.2, -0.15) is 0 Å². The monoisotopic (exact) mass is 468 g/mol. The number of likely N-dealkylation sites (tertiary alicyclic amines) is 1. The number of methoxy groups -OCH3 is 1. The molecule has 3 rings (SSSR count). The first-order chi connectivity index (χ1) is 13.5. The molecule has 2 heterocycles. The van der Waals surface area contributed by atoms with E-state index in [4.69, 9.17) is 9.47 Å². The number of piperidine rings is 1. The van der Waals surface area contributed by atoms with Gasteiger partial charge in [-0.25, -0.2) is 4.98 Å². The third-order valence-corrected chi connectivity index (χ3v) is 5.77. The summed E-state index contributed by atoms with van der Waals surface area (Å²) in [5, 5.41) is 7.44. The molecule has 8 nitrogen and oxygen atoms in total. The first kappa shape index (κ1) is 20.7. The van der Waals surface area contributed by atoms with Gasteiger partial charge in [0.05, 0.1) is 18.8 Å². The van der Waals surface area contributed by atoms with Crippen LogP contribution in [-0.4, -0.2) is 57.9 Å². The van der Waals surface area contributed by atoms with Crippen molar-refractivity contribution in [3.8, 4) is 5.75 Å². The van der Waals surface area contributed by atoms with Crippen molar-refractivity contribution in [1.29, 1.82) is 0 Å². The van der Waals surface area contributed by atoms with Crippen molar-refractivity contribution in [3.05, 3.63) is 34.6 Å². The van der Waals surface area contributed by atoms with E-state index in [9.17, 15) is 9.59 Å². The van der Waals surface area contributed by atoms with Crippen molar-refractivity contribution in [1.82, 2.24) is 20.1 Å². The number of carbonyl (C=O) groups is 2. The van der Waals surface area contributed by atoms with Gasteiger partial charge in [0, 0.05) is 17.6 Å². The molecule has 0 atom stereocenters. The van der Waals surface area contributed by atoms with Gasteiger partial charge in [0.15, 0.2) is 5.82 Å². The van der Waals surface area contributed by atoms with Crippen LogP contribution in [0.15, 0.2) is 33.9 Å². The number of H-pyrrole nitrogens is 1. The lowest BCUT2D eigenvalue weighted by Gasteiger charge is -2.30. The molecule has 1 amide bonds. The smallest absolute Gasteiger partial charge is 0.308 e. The highest BCUT2D eigenvalue weighted by Gasteiger charge is 2.27. The number of aromatic nitrogens is 3. The van der Waals surface area contributed by atoms with Gasteiger partial charge in [-0.3, -0.25) is 14.7 Å². The van der Waals surface area contributed by atoms with Crippen LogP contribution in [0.4, 0.5) is 0 Å². The van der Waals surface area contributed by atoms with Crippen LogP contribution in [0.5, 0.6) is 5.75 Å². The molecule has 1 saturated heterocycles. The second-order valence-corrected chi connectivity index (χ2v) is 8.13. The molecule has 28 heavy (non-hydrogen) atoms. The van der Waals surface area contributed by atoms with Crippen molar-refractivity contribution in [2.45, 2.75) is 24.6 Å². The van der Waals surface area contributed by atoms with Gasteiger partial charge in [0.25, 0.3) is 0 Å². The molecule has 1 aliphatic heterocycles. The molecular formula is C18H21BrN4O4S. The van der Waals surface area contributed by atoms with E-state index in [-0.39, 0.29) is 30.2 Å². The highest BCUT2D eigenvalue weighted by atomic mass is 79.9. The molecule has 1 N–H and O–H groups in total. The minimum Gasteiger partial charge on any atom is -0.486 e. The maximum Gasteiger partial charge on any atom is 0.308 e. The second kappa shape index (κ2) is 9.92. The summed E-state index contributed by atoms with van der Waals surface area (Å²) >= 11 is 4.66. The number of amides is 1. The number of hydrogen-bond acceptors (Lipinski definition) is 7. The van der Waals surface area contributed by atoms with E-state index in [1.807, 2.05) is 24.3 Å². The van der Waals surface area contributed by atoms with Gasteiger partial charge >= 0.3 is 5.97 Å². The fourth-order valence-corrected chi connectivity index (χ4v) is 3.82. The first-order valence-corrected chi connectivity index (χ1v) is 10.6. The van der Waals surface area contributed by atoms with E-state index < -0.39 is 0 Å². The lowest BCUT2D eigenvalue weighted by Crippen LogP contribution is -2.41. The zero-order valence-corrected chi connectivity index (χ0v) is 17.8. The van der Waals surface area contributed by atoms with Crippen LogP contribution < -0.4 is 4.74 Å². The standard InChI is InChI=1S/C18H21BrN4O4S/c1-26-17(25)12-6-8-23(9-7-12)16(24)11-28-18-20-15(21-22-18)10-27-14-4-2-13(19)3-5-14/h2-5,12H,6-11H2,1H3,(H,20,21,22). The molecule has 1 aromatic heterocycles. The van der Waals surface area contributed by atoms with Gasteiger partial charge in [0.2, 0.25) is 11.1 Å². The third kappa shape index (κ3) is 5.71. The Morgan fingerprint density at radius 1 is 1.29 bits per heavy atom. The number of aromatic amines is 1. The van der Waals surface area contributed by atoms with Gasteiger partial charge in [-0.1, -0.05) is 27.7 Å². The van der Waals surface area contributed by atoms with Crippen LogP contribution in [0.25, 0.3) is 0 Å². The minimum atomic E-state index is -0.194. The van der Waals surface area contributed by atoms with Gasteiger partial charge in [-0.15, -0.1) is 5.10 Å². The predicted octanol–water partition coefficient (Wildman–Crippen LogP) is 2.65. The average molecular weight is 469 g/mol. The summed E-state index contributed by atoms with van der Waals surface area (Å²) in [6, 6.07) is 7.52. The van der Waals surface area contributed by atoms with Crippen LogP contribution in [0.3, 0.4) is 0 Å². The maximum absolute atomic E-state index is 12.4. The summed E-state index contributed by atoms with van der Waals surface area (Å²) in [5.41, 5.74) is 0. The van der Waals surface area contributed by atoms with E-state index >= 15 is 0 Å². The Labute approximate surface area is 175 Å². The Hall–Kier alpha value is -2.07. The number of esters is 1. The van der Waals surface area contributed by atoms with Crippen LogP contribution in [-0.2, 0) is 20.9 Å². The number of hydrogen-bond donors (Lipinski definition) is 1. The topological polar surface area (TPSA) is 97.4 Å². The predicted molar refractivity (Wildman–Crippen MR) is 107 cm³/mol. The fourth-order valence-electron chi connectivity index (χ4n) is 2.84. The van der Waals surface area contributed by atoms with Gasteiger partial charge in [-0.05, 0) is 37.1 Å². The Morgan fingerprint density at radius 2 is 2.00 bits per heavy atom. The minimum absolute atomic E-state index is 0.0192. The van der Waals surface area contributed by atoms with Crippen molar-refractivity contribution in [3.63, 3.8) is 0 Å². The molecule has 10 heteroatoms. The Balaban J connectivity index is 1.41. The molecule has 150 valence electrons. The highest BCUT2D eigenvalue weighted by molar-refractivity contribution is 9.10. The van der Waals surface area contributed by atoms with Crippen molar-refractivity contribution >= 4 is 39.6 Å². The number of thioether (sulfide) groups is 1. The van der Waals surface area contributed by atoms with Crippen molar-refractivity contribution < 1.29 is 19.1 Å². The summed E-state index contributed by atoms with van der Waals surface area (Å²) in [4.78, 5) is 30.0. The van der Waals surface area contributed by atoms with E-state index in [2.05, 4.69) is 31.1 Å². The number of rotatable bonds is 7. The summed E-state index contributed by atoms with van der Waals surface area (Å²) in [5.74, 6) is 1.30. The number of nitrogens with zero attached hydrogens (tertiary/aromatic N) is 3. The Morgan fingerprint density at radius 3 is 2.68 bits per heavy atom. The summed E-state index contributed by atoms with van der Waals surface area (Å²) in [7, 11) is 1.39. The van der Waals surface area contributed by atoms with Crippen LogP contribution in [0.1, 0.15) is 18.7 Å². The number of ether oxygens (including phenoxy) is 2. The van der Waals surface area contributed by atoms with Crippen molar-refractivity contribution in [2.75, 3.05) is 26.0 Å². The number of carbonyl (C=O) groups excluding carboxylic acids is 2. The van der Waals surface area contributed by atoms with E-state index in [0.29, 0.717) is 36.9 Å². The van der Waals surface area contributed by atoms with Crippen LogP contribution in [0, 0.1) is 5.92 Å². The third-order valence-electron chi connectivity index (χ3n) is 4.41. The largest absolute Gasteiger partial charge is 0.486 e. The van der Waals surface area contributed by atoms with Crippen LogP contribution >= 0.6 is 27.7 Å². The molecule has 1 aromatic carbocycles. The summed E-state index contributed by atoms with van der Waals surface area (Å²) in [6.07, 6.45) is 1.28. The first-order valence-electron chi connectivity index (χ1n) is 8.83. The molecule has 2 aromatic rings. The number of benzene rings is 1. The molecule has 0 unspecified atom stereocenters. The zero-order valence-electron chi connectivity index (χ0n) is 15.4. The summed E-state index contributed by atoms with van der Waals surface area (Å²) in [6.45, 7) is 1.41. The van der Waals surface area contributed by atoms with Crippen molar-refractivity contribution in [2.24, 2.45) is 5.92 Å². The van der Waals surface area contributed by atoms with Crippen LogP contribution in [0.2, 0.25) is 0 Å². The molecule has 0 radical (unpaired) electrons. The molecular weight excluding hydrogens is 448 g/mol. The molecule has 0 saturated carbocycles. The van der Waals surface area contributed by atoms with Gasteiger partial charge < -0.3 is 14.4 Å². The summed E-state index contributed by atoms with van der Waals surface area (Å²) < 4.78 is 11.4. The highest BCUT2D eigenvalue weighted by Crippen LogP contribution is 2.21. The lowest BCUT2D eigenvalue weighted by molar-refractivity contribution is -0.148. The number of nitrogens with one attached hydrogen (secondary N) is 1. The zero-order chi connectivity index (χ0) is 19.9. The molecule has 1 fully saturated rings. The molecule has 0 spiro atoms. The lowest BCUT2D eigenvalue weighted by atomic mass is 9.97. The fraction of sp³-hybridized carbons (Fsp3) is 0.444. The average Bonchev–Trinajstić information content (AvgIpc) is 3.19. The molecule has 0 aliphatic carbocycles.